The Balaban J connectivity index is 1.41. The molecule has 0 fully saturated rings. The number of hydrogen-bond acceptors (Lipinski definition) is 3. The van der Waals surface area contributed by atoms with E-state index in [0.717, 1.165) is 11.1 Å². The number of amides is 2. The number of rotatable bonds is 8. The summed E-state index contributed by atoms with van der Waals surface area (Å²) >= 11 is 5.82. The van der Waals surface area contributed by atoms with E-state index >= 15 is 0 Å². The minimum absolute atomic E-state index is 0.233. The van der Waals surface area contributed by atoms with Gasteiger partial charge in [-0.2, -0.15) is 5.10 Å². The number of nitrogens with one attached hydrogen (secondary N) is 2. The van der Waals surface area contributed by atoms with Crippen molar-refractivity contribution in [3.8, 4) is 5.75 Å². The Morgan fingerprint density at radius 2 is 1.81 bits per heavy atom. The molecule has 1 heterocycles. The molecule has 0 saturated heterocycles. The summed E-state index contributed by atoms with van der Waals surface area (Å²) in [7, 11) is 0. The number of benzene rings is 2. The van der Waals surface area contributed by atoms with E-state index in [1.807, 2.05) is 41.2 Å². The van der Waals surface area contributed by atoms with Crippen molar-refractivity contribution >= 4 is 17.6 Å². The third kappa shape index (κ3) is 6.04. The van der Waals surface area contributed by atoms with Gasteiger partial charge in [-0.15, -0.1) is 0 Å². The summed E-state index contributed by atoms with van der Waals surface area (Å²) in [5.41, 5.74) is 2.17. The van der Waals surface area contributed by atoms with Crippen molar-refractivity contribution in [3.05, 3.63) is 83.1 Å². The van der Waals surface area contributed by atoms with Crippen molar-refractivity contribution in [3.63, 3.8) is 0 Å². The van der Waals surface area contributed by atoms with E-state index in [1.165, 1.54) is 0 Å². The van der Waals surface area contributed by atoms with Crippen LogP contribution in [0.1, 0.15) is 11.1 Å². The minimum Gasteiger partial charge on any atom is -0.492 e. The van der Waals surface area contributed by atoms with Gasteiger partial charge < -0.3 is 15.4 Å². The van der Waals surface area contributed by atoms with Gasteiger partial charge in [0.2, 0.25) is 0 Å². The van der Waals surface area contributed by atoms with Gasteiger partial charge in [-0.3, -0.25) is 4.68 Å². The summed E-state index contributed by atoms with van der Waals surface area (Å²) in [6.45, 7) is 1.90. The fraction of sp³-hybridized carbons (Fsp3) is 0.200. The molecule has 3 aromatic rings. The SMILES string of the molecule is O=C(NCCOc1ccc(Cl)cc1)NCc1ccccc1Cn1cccn1. The van der Waals surface area contributed by atoms with E-state index in [1.54, 1.807) is 30.5 Å². The fourth-order valence-corrected chi connectivity index (χ4v) is 2.68. The van der Waals surface area contributed by atoms with Gasteiger partial charge in [-0.1, -0.05) is 35.9 Å². The number of carbonyl (C=O) groups is 1. The monoisotopic (exact) mass is 384 g/mol. The smallest absolute Gasteiger partial charge is 0.315 e. The molecule has 0 radical (unpaired) electrons. The van der Waals surface area contributed by atoms with Crippen LogP contribution >= 0.6 is 11.6 Å². The van der Waals surface area contributed by atoms with Crippen LogP contribution in [0.25, 0.3) is 0 Å². The number of halogens is 1. The quantitative estimate of drug-likeness (QED) is 0.584. The molecule has 1 aromatic heterocycles. The van der Waals surface area contributed by atoms with Crippen LogP contribution in [0.5, 0.6) is 5.75 Å². The van der Waals surface area contributed by atoms with Crippen molar-refractivity contribution in [1.29, 1.82) is 0 Å². The number of carbonyl (C=O) groups excluding carboxylic acids is 1. The highest BCUT2D eigenvalue weighted by atomic mass is 35.5. The molecular weight excluding hydrogens is 364 g/mol. The fourth-order valence-electron chi connectivity index (χ4n) is 2.55. The molecule has 0 spiro atoms. The number of aromatic nitrogens is 2. The zero-order valence-corrected chi connectivity index (χ0v) is 15.5. The lowest BCUT2D eigenvalue weighted by atomic mass is 10.1. The third-order valence-corrected chi connectivity index (χ3v) is 4.17. The highest BCUT2D eigenvalue weighted by Crippen LogP contribution is 2.15. The second-order valence-corrected chi connectivity index (χ2v) is 6.32. The second kappa shape index (κ2) is 9.64. The average molecular weight is 385 g/mol. The first-order valence-electron chi connectivity index (χ1n) is 8.65. The zero-order chi connectivity index (χ0) is 18.9. The van der Waals surface area contributed by atoms with Crippen LogP contribution in [-0.2, 0) is 13.1 Å². The van der Waals surface area contributed by atoms with Gasteiger partial charge in [0.1, 0.15) is 12.4 Å². The maximum Gasteiger partial charge on any atom is 0.315 e. The molecule has 27 heavy (non-hydrogen) atoms. The number of nitrogens with zero attached hydrogens (tertiary/aromatic N) is 2. The van der Waals surface area contributed by atoms with Crippen LogP contribution in [-0.4, -0.2) is 29.0 Å². The molecule has 140 valence electrons. The van der Waals surface area contributed by atoms with Gasteiger partial charge in [0.25, 0.3) is 0 Å². The molecule has 7 heteroatoms. The van der Waals surface area contributed by atoms with Crippen molar-refractivity contribution < 1.29 is 9.53 Å². The van der Waals surface area contributed by atoms with E-state index in [-0.39, 0.29) is 6.03 Å². The van der Waals surface area contributed by atoms with E-state index < -0.39 is 0 Å². The summed E-state index contributed by atoms with van der Waals surface area (Å²) in [5, 5.41) is 10.5. The van der Waals surface area contributed by atoms with Crippen molar-refractivity contribution in [1.82, 2.24) is 20.4 Å². The lowest BCUT2D eigenvalue weighted by Gasteiger charge is -2.12. The molecular formula is C20H21ClN4O2. The van der Waals surface area contributed by atoms with Gasteiger partial charge >= 0.3 is 6.03 Å². The van der Waals surface area contributed by atoms with E-state index in [2.05, 4.69) is 15.7 Å². The second-order valence-electron chi connectivity index (χ2n) is 5.88. The van der Waals surface area contributed by atoms with E-state index in [9.17, 15) is 4.79 Å². The van der Waals surface area contributed by atoms with Crippen LogP contribution in [0.4, 0.5) is 4.79 Å². The highest BCUT2D eigenvalue weighted by molar-refractivity contribution is 6.30. The lowest BCUT2D eigenvalue weighted by molar-refractivity contribution is 0.236. The zero-order valence-electron chi connectivity index (χ0n) is 14.8. The topological polar surface area (TPSA) is 68.2 Å². The van der Waals surface area contributed by atoms with Crippen LogP contribution in [0.2, 0.25) is 5.02 Å². The first-order valence-corrected chi connectivity index (χ1v) is 9.03. The van der Waals surface area contributed by atoms with Crippen LogP contribution < -0.4 is 15.4 Å². The predicted molar refractivity (Wildman–Crippen MR) is 105 cm³/mol. The normalized spacial score (nSPS) is 10.4. The average Bonchev–Trinajstić information content (AvgIpc) is 3.19. The molecule has 0 unspecified atom stereocenters. The molecule has 0 atom stereocenters. The molecule has 2 aromatic carbocycles. The molecule has 2 N–H and O–H groups in total. The molecule has 6 nitrogen and oxygen atoms in total. The van der Waals surface area contributed by atoms with E-state index in [4.69, 9.17) is 16.3 Å². The van der Waals surface area contributed by atoms with Crippen LogP contribution in [0, 0.1) is 0 Å². The number of hydrogen-bond donors (Lipinski definition) is 2. The molecule has 2 amide bonds. The standard InChI is InChI=1S/C20H21ClN4O2/c21-18-6-8-19(9-7-18)27-13-11-22-20(26)23-14-16-4-1-2-5-17(16)15-25-12-3-10-24-25/h1-10,12H,11,13-15H2,(H2,22,23,26). The van der Waals surface area contributed by atoms with Gasteiger partial charge in [0, 0.05) is 24.0 Å². The van der Waals surface area contributed by atoms with Gasteiger partial charge in [-0.05, 0) is 41.5 Å². The number of ether oxygens (including phenoxy) is 1. The molecule has 0 aliphatic rings. The largest absolute Gasteiger partial charge is 0.492 e. The van der Waals surface area contributed by atoms with Crippen LogP contribution in [0.3, 0.4) is 0 Å². The molecule has 0 aliphatic heterocycles. The third-order valence-electron chi connectivity index (χ3n) is 3.92. The maximum atomic E-state index is 12.0. The minimum atomic E-state index is -0.233. The Bertz CT molecular complexity index is 851. The maximum absolute atomic E-state index is 12.0. The summed E-state index contributed by atoms with van der Waals surface area (Å²) in [6, 6.07) is 16.7. The Labute approximate surface area is 163 Å². The first kappa shape index (κ1) is 18.8. The molecule has 0 saturated carbocycles. The summed E-state index contributed by atoms with van der Waals surface area (Å²) in [4.78, 5) is 12.0. The number of urea groups is 1. The van der Waals surface area contributed by atoms with E-state index in [0.29, 0.717) is 37.0 Å². The molecule has 3 rings (SSSR count). The molecule has 0 aliphatic carbocycles. The van der Waals surface area contributed by atoms with Crippen molar-refractivity contribution in [2.24, 2.45) is 0 Å². The lowest BCUT2D eigenvalue weighted by Crippen LogP contribution is -2.37. The Kier molecular flexibility index (Phi) is 6.71. The van der Waals surface area contributed by atoms with Crippen LogP contribution in [0.15, 0.2) is 67.0 Å². The van der Waals surface area contributed by atoms with Gasteiger partial charge in [-0.25, -0.2) is 4.79 Å². The Morgan fingerprint density at radius 3 is 2.56 bits per heavy atom. The molecule has 0 bridgehead atoms. The predicted octanol–water partition coefficient (Wildman–Crippen LogP) is 3.46. The summed E-state index contributed by atoms with van der Waals surface area (Å²) < 4.78 is 7.40. The van der Waals surface area contributed by atoms with Gasteiger partial charge in [0.15, 0.2) is 0 Å². The summed E-state index contributed by atoms with van der Waals surface area (Å²) in [6.07, 6.45) is 3.66. The van der Waals surface area contributed by atoms with Crippen molar-refractivity contribution in [2.75, 3.05) is 13.2 Å². The first-order chi connectivity index (χ1) is 13.2. The highest BCUT2D eigenvalue weighted by Gasteiger charge is 2.05. The Morgan fingerprint density at radius 1 is 1.04 bits per heavy atom. The summed E-state index contributed by atoms with van der Waals surface area (Å²) in [5.74, 6) is 0.717. The Hall–Kier alpha value is -2.99. The van der Waals surface area contributed by atoms with Crippen molar-refractivity contribution in [2.45, 2.75) is 13.1 Å². The van der Waals surface area contributed by atoms with Gasteiger partial charge in [0.05, 0.1) is 13.1 Å².